The largest absolute Gasteiger partial charge is 0.489 e. The number of benzene rings is 2. The maximum Gasteiger partial charge on any atom is 0.269 e. The van der Waals surface area contributed by atoms with Crippen LogP contribution in [-0.2, 0) is 6.61 Å². The molecule has 0 aromatic heterocycles. The molecular formula is C13H12N2O3. The van der Waals surface area contributed by atoms with Gasteiger partial charge in [-0.15, -0.1) is 0 Å². The van der Waals surface area contributed by atoms with Crippen molar-refractivity contribution >= 4 is 11.4 Å². The molecule has 2 N–H and O–H groups in total. The summed E-state index contributed by atoms with van der Waals surface area (Å²) in [7, 11) is 0. The molecule has 0 heterocycles. The molecule has 0 radical (unpaired) electrons. The van der Waals surface area contributed by atoms with Crippen molar-refractivity contribution in [1.29, 1.82) is 0 Å². The van der Waals surface area contributed by atoms with Crippen molar-refractivity contribution in [3.63, 3.8) is 0 Å². The van der Waals surface area contributed by atoms with Gasteiger partial charge in [0.1, 0.15) is 12.4 Å². The molecule has 2 aromatic carbocycles. The Labute approximate surface area is 104 Å². The highest BCUT2D eigenvalue weighted by Crippen LogP contribution is 2.18. The molecule has 0 aliphatic carbocycles. The number of nitrogens with zero attached hydrogens (tertiary/aromatic N) is 1. The molecule has 92 valence electrons. The highest BCUT2D eigenvalue weighted by molar-refractivity contribution is 5.43. The van der Waals surface area contributed by atoms with Crippen molar-refractivity contribution in [3.8, 4) is 5.75 Å². The summed E-state index contributed by atoms with van der Waals surface area (Å²) >= 11 is 0. The second-order valence-corrected chi connectivity index (χ2v) is 3.79. The van der Waals surface area contributed by atoms with Crippen LogP contribution in [0, 0.1) is 10.1 Å². The van der Waals surface area contributed by atoms with E-state index in [1.54, 1.807) is 36.4 Å². The predicted octanol–water partition coefficient (Wildman–Crippen LogP) is 2.76. The Balaban J connectivity index is 2.06. The minimum absolute atomic E-state index is 0.0590. The molecule has 0 saturated carbocycles. The second kappa shape index (κ2) is 5.18. The van der Waals surface area contributed by atoms with Crippen LogP contribution < -0.4 is 10.5 Å². The molecule has 0 bridgehead atoms. The zero-order chi connectivity index (χ0) is 13.0. The van der Waals surface area contributed by atoms with Crippen LogP contribution in [-0.4, -0.2) is 4.92 Å². The zero-order valence-corrected chi connectivity index (χ0v) is 9.58. The Hall–Kier alpha value is -2.56. The van der Waals surface area contributed by atoms with E-state index in [9.17, 15) is 10.1 Å². The summed E-state index contributed by atoms with van der Waals surface area (Å²) < 4.78 is 5.51. The molecule has 5 heteroatoms. The quantitative estimate of drug-likeness (QED) is 0.509. The van der Waals surface area contributed by atoms with Crippen molar-refractivity contribution in [2.24, 2.45) is 0 Å². The number of nitrogen functional groups attached to an aromatic ring is 1. The Morgan fingerprint density at radius 3 is 2.67 bits per heavy atom. The van der Waals surface area contributed by atoms with Crippen LogP contribution >= 0.6 is 0 Å². The van der Waals surface area contributed by atoms with E-state index in [4.69, 9.17) is 10.5 Å². The smallest absolute Gasteiger partial charge is 0.269 e. The fourth-order valence-corrected chi connectivity index (χ4v) is 1.53. The van der Waals surface area contributed by atoms with Gasteiger partial charge in [-0.25, -0.2) is 0 Å². The average Bonchev–Trinajstić information content (AvgIpc) is 2.37. The molecule has 0 amide bonds. The lowest BCUT2D eigenvalue weighted by Gasteiger charge is -2.06. The van der Waals surface area contributed by atoms with Gasteiger partial charge in [0.05, 0.1) is 4.92 Å². The summed E-state index contributed by atoms with van der Waals surface area (Å²) in [6.45, 7) is 0.269. The van der Waals surface area contributed by atoms with Crippen LogP contribution in [0.25, 0.3) is 0 Å². The van der Waals surface area contributed by atoms with Gasteiger partial charge in [-0.2, -0.15) is 0 Å². The highest BCUT2D eigenvalue weighted by atomic mass is 16.6. The van der Waals surface area contributed by atoms with Gasteiger partial charge in [0, 0.05) is 23.9 Å². The van der Waals surface area contributed by atoms with Crippen molar-refractivity contribution in [2.45, 2.75) is 6.61 Å². The lowest BCUT2D eigenvalue weighted by molar-refractivity contribution is -0.384. The lowest BCUT2D eigenvalue weighted by Crippen LogP contribution is -1.97. The van der Waals surface area contributed by atoms with E-state index in [0.29, 0.717) is 11.4 Å². The van der Waals surface area contributed by atoms with E-state index in [1.165, 1.54) is 12.1 Å². The van der Waals surface area contributed by atoms with E-state index >= 15 is 0 Å². The summed E-state index contributed by atoms with van der Waals surface area (Å²) in [6, 6.07) is 13.4. The first kappa shape index (κ1) is 11.9. The second-order valence-electron chi connectivity index (χ2n) is 3.79. The lowest BCUT2D eigenvalue weighted by atomic mass is 10.2. The average molecular weight is 244 g/mol. The SMILES string of the molecule is Nc1cccc(OCc2cccc([N+](=O)[O-])c2)c1. The number of non-ortho nitro benzene ring substituents is 1. The van der Waals surface area contributed by atoms with Crippen LogP contribution in [0.2, 0.25) is 0 Å². The molecule has 0 unspecified atom stereocenters. The van der Waals surface area contributed by atoms with Crippen molar-refractivity contribution in [2.75, 3.05) is 5.73 Å². The van der Waals surface area contributed by atoms with E-state index in [1.807, 2.05) is 0 Å². The topological polar surface area (TPSA) is 78.4 Å². The maximum absolute atomic E-state index is 10.6. The molecule has 5 nitrogen and oxygen atoms in total. The third kappa shape index (κ3) is 2.98. The van der Waals surface area contributed by atoms with Crippen molar-refractivity contribution in [3.05, 3.63) is 64.2 Å². The Morgan fingerprint density at radius 2 is 1.94 bits per heavy atom. The standard InChI is InChI=1S/C13H12N2O3/c14-11-4-2-6-13(8-11)18-9-10-3-1-5-12(7-10)15(16)17/h1-8H,9,14H2. The van der Waals surface area contributed by atoms with Gasteiger partial charge in [-0.1, -0.05) is 18.2 Å². The minimum Gasteiger partial charge on any atom is -0.489 e. The van der Waals surface area contributed by atoms with Crippen molar-refractivity contribution < 1.29 is 9.66 Å². The Kier molecular flexibility index (Phi) is 3.43. The van der Waals surface area contributed by atoms with Gasteiger partial charge in [-0.3, -0.25) is 10.1 Å². The molecular weight excluding hydrogens is 232 g/mol. The fraction of sp³-hybridized carbons (Fsp3) is 0.0769. The van der Waals surface area contributed by atoms with Gasteiger partial charge < -0.3 is 10.5 Å². The molecule has 0 aliphatic heterocycles. The number of nitrogens with two attached hydrogens (primary N) is 1. The van der Waals surface area contributed by atoms with Gasteiger partial charge in [0.15, 0.2) is 0 Å². The van der Waals surface area contributed by atoms with Crippen LogP contribution in [0.5, 0.6) is 5.75 Å². The summed E-state index contributed by atoms with van der Waals surface area (Å²) in [5.74, 6) is 0.640. The van der Waals surface area contributed by atoms with Gasteiger partial charge in [-0.05, 0) is 17.7 Å². The van der Waals surface area contributed by atoms with Crippen LogP contribution in [0.4, 0.5) is 11.4 Å². The summed E-state index contributed by atoms with van der Waals surface area (Å²) in [4.78, 5) is 10.2. The van der Waals surface area contributed by atoms with E-state index in [0.717, 1.165) is 5.56 Å². The number of ether oxygens (including phenoxy) is 1. The van der Waals surface area contributed by atoms with Gasteiger partial charge in [0.25, 0.3) is 5.69 Å². The third-order valence-electron chi connectivity index (χ3n) is 2.38. The molecule has 2 aromatic rings. The van der Waals surface area contributed by atoms with Gasteiger partial charge >= 0.3 is 0 Å². The number of nitro benzene ring substituents is 1. The molecule has 2 rings (SSSR count). The maximum atomic E-state index is 10.6. The molecule has 0 atom stereocenters. The molecule has 0 saturated heterocycles. The number of nitro groups is 1. The molecule has 18 heavy (non-hydrogen) atoms. The summed E-state index contributed by atoms with van der Waals surface area (Å²) in [5.41, 5.74) is 7.04. The number of hydrogen-bond acceptors (Lipinski definition) is 4. The molecule has 0 spiro atoms. The van der Waals surface area contributed by atoms with Crippen molar-refractivity contribution in [1.82, 2.24) is 0 Å². The first-order chi connectivity index (χ1) is 8.65. The van der Waals surface area contributed by atoms with Crippen LogP contribution in [0.1, 0.15) is 5.56 Å². The first-order valence-corrected chi connectivity index (χ1v) is 5.37. The van der Waals surface area contributed by atoms with Gasteiger partial charge in [0.2, 0.25) is 0 Å². The normalized spacial score (nSPS) is 10.0. The minimum atomic E-state index is -0.427. The zero-order valence-electron chi connectivity index (χ0n) is 9.58. The summed E-state index contributed by atoms with van der Waals surface area (Å²) in [5, 5.41) is 10.6. The Bertz CT molecular complexity index is 570. The monoisotopic (exact) mass is 244 g/mol. The van der Waals surface area contributed by atoms with E-state index in [-0.39, 0.29) is 12.3 Å². The van der Waals surface area contributed by atoms with E-state index < -0.39 is 4.92 Å². The van der Waals surface area contributed by atoms with Crippen LogP contribution in [0.15, 0.2) is 48.5 Å². The first-order valence-electron chi connectivity index (χ1n) is 5.37. The number of hydrogen-bond donors (Lipinski definition) is 1. The fourth-order valence-electron chi connectivity index (χ4n) is 1.53. The summed E-state index contributed by atoms with van der Waals surface area (Å²) in [6.07, 6.45) is 0. The predicted molar refractivity (Wildman–Crippen MR) is 68.3 cm³/mol. The third-order valence-corrected chi connectivity index (χ3v) is 2.38. The highest BCUT2D eigenvalue weighted by Gasteiger charge is 2.05. The van der Waals surface area contributed by atoms with Crippen LogP contribution in [0.3, 0.4) is 0 Å². The molecule has 0 aliphatic rings. The molecule has 0 fully saturated rings. The Morgan fingerprint density at radius 1 is 1.17 bits per heavy atom. The van der Waals surface area contributed by atoms with E-state index in [2.05, 4.69) is 0 Å². The number of anilines is 1. The number of rotatable bonds is 4.